The SMILES string of the molecule is C#C[C@@H]1CCCN1S(=O)(=O)NC(=O)C12CC1/C=C/CCCCN(C)C(=O)NCC(=O)N2. The fraction of sp³-hybridized carbons (Fsp3) is 0.650. The van der Waals surface area contributed by atoms with Crippen LogP contribution in [-0.2, 0) is 19.8 Å². The third kappa shape index (κ3) is 5.19. The second-order valence-electron chi connectivity index (χ2n) is 8.21. The highest BCUT2D eigenvalue weighted by molar-refractivity contribution is 7.87. The number of fused-ring (bicyclic) bond motifs is 1. The molecule has 0 aromatic carbocycles. The van der Waals surface area contributed by atoms with Crippen LogP contribution in [-0.4, -0.2) is 73.7 Å². The lowest BCUT2D eigenvalue weighted by Crippen LogP contribution is -2.56. The molecule has 0 aromatic rings. The average Bonchev–Trinajstić information content (AvgIpc) is 3.19. The van der Waals surface area contributed by atoms with Gasteiger partial charge in [-0.25, -0.2) is 9.52 Å². The van der Waals surface area contributed by atoms with E-state index in [0.717, 1.165) is 23.6 Å². The summed E-state index contributed by atoms with van der Waals surface area (Å²) in [6, 6.07) is -0.978. The van der Waals surface area contributed by atoms with E-state index < -0.39 is 33.6 Å². The van der Waals surface area contributed by atoms with Crippen molar-refractivity contribution in [3.05, 3.63) is 12.2 Å². The van der Waals surface area contributed by atoms with E-state index in [1.807, 2.05) is 12.2 Å². The Morgan fingerprint density at radius 3 is 2.81 bits per heavy atom. The predicted octanol–water partition coefficient (Wildman–Crippen LogP) is -0.299. The van der Waals surface area contributed by atoms with Gasteiger partial charge in [-0.1, -0.05) is 18.1 Å². The van der Waals surface area contributed by atoms with Gasteiger partial charge in [0.15, 0.2) is 0 Å². The Hall–Kier alpha value is -2.58. The highest BCUT2D eigenvalue weighted by Crippen LogP contribution is 2.45. The molecule has 3 rings (SSSR count). The minimum Gasteiger partial charge on any atom is -0.340 e. The summed E-state index contributed by atoms with van der Waals surface area (Å²) < 4.78 is 28.7. The van der Waals surface area contributed by atoms with Gasteiger partial charge in [-0.2, -0.15) is 12.7 Å². The predicted molar refractivity (Wildman–Crippen MR) is 114 cm³/mol. The smallest absolute Gasteiger partial charge is 0.317 e. The van der Waals surface area contributed by atoms with E-state index in [0.29, 0.717) is 19.4 Å². The summed E-state index contributed by atoms with van der Waals surface area (Å²) in [6.45, 7) is 0.497. The fourth-order valence-electron chi connectivity index (χ4n) is 4.00. The van der Waals surface area contributed by atoms with Gasteiger partial charge in [0.2, 0.25) is 5.91 Å². The van der Waals surface area contributed by atoms with Gasteiger partial charge in [-0.05, 0) is 38.5 Å². The summed E-state index contributed by atoms with van der Waals surface area (Å²) in [6.07, 6.45) is 13.1. The van der Waals surface area contributed by atoms with Crippen LogP contribution in [0.1, 0.15) is 38.5 Å². The third-order valence-corrected chi connectivity index (χ3v) is 7.44. The first-order valence-corrected chi connectivity index (χ1v) is 11.9. The first-order valence-electron chi connectivity index (χ1n) is 10.5. The van der Waals surface area contributed by atoms with E-state index in [9.17, 15) is 22.8 Å². The van der Waals surface area contributed by atoms with Gasteiger partial charge >= 0.3 is 16.2 Å². The molecule has 3 aliphatic rings. The van der Waals surface area contributed by atoms with E-state index in [1.54, 1.807) is 7.05 Å². The topological polar surface area (TPSA) is 128 Å². The maximum atomic E-state index is 13.0. The molecular formula is C20H29N5O5S. The number of nitrogens with zero attached hydrogens (tertiary/aromatic N) is 2. The molecule has 2 fully saturated rings. The van der Waals surface area contributed by atoms with E-state index in [1.165, 1.54) is 4.90 Å². The highest BCUT2D eigenvalue weighted by atomic mass is 32.2. The number of hydrogen-bond donors (Lipinski definition) is 3. The number of rotatable bonds is 3. The minimum atomic E-state index is -4.14. The Bertz CT molecular complexity index is 911. The summed E-state index contributed by atoms with van der Waals surface area (Å²) in [5.41, 5.74) is -1.37. The van der Waals surface area contributed by atoms with E-state index in [2.05, 4.69) is 21.3 Å². The van der Waals surface area contributed by atoms with Crippen LogP contribution in [0, 0.1) is 18.3 Å². The number of carbonyl (C=O) groups is 3. The molecular weight excluding hydrogens is 422 g/mol. The lowest BCUT2D eigenvalue weighted by molar-refractivity contribution is -0.128. The van der Waals surface area contributed by atoms with Crippen molar-refractivity contribution < 1.29 is 22.8 Å². The van der Waals surface area contributed by atoms with Crippen molar-refractivity contribution in [2.45, 2.75) is 50.1 Å². The molecule has 11 heteroatoms. The maximum absolute atomic E-state index is 13.0. The van der Waals surface area contributed by atoms with Gasteiger partial charge in [0.05, 0.1) is 12.6 Å². The monoisotopic (exact) mass is 451 g/mol. The third-order valence-electron chi connectivity index (χ3n) is 5.94. The molecule has 0 spiro atoms. The van der Waals surface area contributed by atoms with Crippen molar-refractivity contribution in [1.29, 1.82) is 0 Å². The first-order chi connectivity index (χ1) is 14.7. The Kier molecular flexibility index (Phi) is 6.91. The quantitative estimate of drug-likeness (QED) is 0.401. The lowest BCUT2D eigenvalue weighted by atomic mass is 10.1. The fourth-order valence-corrected chi connectivity index (χ4v) is 5.40. The summed E-state index contributed by atoms with van der Waals surface area (Å²) in [5, 5.41) is 5.15. The maximum Gasteiger partial charge on any atom is 0.317 e. The van der Waals surface area contributed by atoms with Gasteiger partial charge in [-0.3, -0.25) is 9.59 Å². The molecule has 2 heterocycles. The average molecular weight is 452 g/mol. The standard InChI is InChI=1S/C20H29N5O5S/c1-3-16-10-8-12-25(16)31(29,30)23-18(27)20-13-15(20)9-6-4-5-7-11-24(2)19(28)21-14-17(26)22-20/h1,6,9,15-16H,4-5,7-8,10-14H2,2H3,(H,21,28)(H,22,26)(H,23,27)/b9-6+/t15?,16-,20?/m1/s1. The van der Waals surface area contributed by atoms with Crippen LogP contribution < -0.4 is 15.4 Å². The zero-order chi connectivity index (χ0) is 22.6. The number of carbonyl (C=O) groups excluding carboxylic acids is 3. The Morgan fingerprint density at radius 1 is 1.29 bits per heavy atom. The number of nitrogens with one attached hydrogen (secondary N) is 3. The molecule has 10 nitrogen and oxygen atoms in total. The van der Waals surface area contributed by atoms with Crippen LogP contribution in [0.15, 0.2) is 12.2 Å². The Balaban J connectivity index is 1.75. The number of urea groups is 1. The zero-order valence-corrected chi connectivity index (χ0v) is 18.4. The van der Waals surface area contributed by atoms with Crippen molar-refractivity contribution in [2.24, 2.45) is 5.92 Å². The van der Waals surface area contributed by atoms with Gasteiger partial charge in [0.25, 0.3) is 5.91 Å². The van der Waals surface area contributed by atoms with Crippen molar-refractivity contribution in [3.8, 4) is 12.3 Å². The lowest BCUT2D eigenvalue weighted by Gasteiger charge is -2.24. The first kappa shape index (κ1) is 23.1. The largest absolute Gasteiger partial charge is 0.340 e. The highest BCUT2D eigenvalue weighted by Gasteiger charge is 2.61. The molecule has 0 bridgehead atoms. The molecule has 0 radical (unpaired) electrons. The van der Waals surface area contributed by atoms with E-state index in [4.69, 9.17) is 6.42 Å². The molecule has 2 aliphatic heterocycles. The molecule has 1 saturated heterocycles. The molecule has 3 atom stereocenters. The molecule has 31 heavy (non-hydrogen) atoms. The Labute approximate surface area is 183 Å². The molecule has 0 aromatic heterocycles. The number of hydrogen-bond acceptors (Lipinski definition) is 5. The van der Waals surface area contributed by atoms with Gasteiger partial charge in [0, 0.05) is 26.1 Å². The summed E-state index contributed by atoms with van der Waals surface area (Å²) in [5.74, 6) is 0.749. The number of terminal acetylenes is 1. The van der Waals surface area contributed by atoms with Crippen LogP contribution in [0.4, 0.5) is 4.79 Å². The summed E-state index contributed by atoms with van der Waals surface area (Å²) in [7, 11) is -2.49. The number of amides is 4. The summed E-state index contributed by atoms with van der Waals surface area (Å²) >= 11 is 0. The number of allylic oxidation sites excluding steroid dienone is 1. The van der Waals surface area contributed by atoms with Crippen LogP contribution in [0.3, 0.4) is 0 Å². The molecule has 170 valence electrons. The van der Waals surface area contributed by atoms with Gasteiger partial charge in [0.1, 0.15) is 5.54 Å². The van der Waals surface area contributed by atoms with Gasteiger partial charge in [-0.15, -0.1) is 6.42 Å². The van der Waals surface area contributed by atoms with Crippen LogP contribution >= 0.6 is 0 Å². The van der Waals surface area contributed by atoms with Crippen LogP contribution in [0.25, 0.3) is 0 Å². The normalized spacial score (nSPS) is 31.4. The van der Waals surface area contributed by atoms with E-state index in [-0.39, 0.29) is 31.5 Å². The molecule has 4 amide bonds. The summed E-state index contributed by atoms with van der Waals surface area (Å²) in [4.78, 5) is 39.0. The van der Waals surface area contributed by atoms with Crippen molar-refractivity contribution in [1.82, 2.24) is 24.6 Å². The second-order valence-corrected chi connectivity index (χ2v) is 9.83. The zero-order valence-electron chi connectivity index (χ0n) is 17.6. The van der Waals surface area contributed by atoms with E-state index >= 15 is 0 Å². The van der Waals surface area contributed by atoms with Crippen molar-refractivity contribution in [2.75, 3.05) is 26.7 Å². The molecule has 3 N–H and O–H groups in total. The van der Waals surface area contributed by atoms with Crippen molar-refractivity contribution >= 4 is 28.1 Å². The Morgan fingerprint density at radius 2 is 2.06 bits per heavy atom. The van der Waals surface area contributed by atoms with Crippen LogP contribution in [0.5, 0.6) is 0 Å². The van der Waals surface area contributed by atoms with Crippen molar-refractivity contribution in [3.63, 3.8) is 0 Å². The van der Waals surface area contributed by atoms with Gasteiger partial charge < -0.3 is 15.5 Å². The molecule has 2 unspecified atom stereocenters. The molecule has 1 saturated carbocycles. The van der Waals surface area contributed by atoms with Crippen LogP contribution in [0.2, 0.25) is 0 Å². The minimum absolute atomic E-state index is 0.236. The second kappa shape index (κ2) is 9.28. The molecule has 1 aliphatic carbocycles.